The van der Waals surface area contributed by atoms with Crippen LogP contribution < -0.4 is 0 Å². The number of ketones is 1. The minimum atomic E-state index is -1.77. The minimum Gasteiger partial charge on any atom is -0.300 e. The summed E-state index contributed by atoms with van der Waals surface area (Å²) in [5.41, 5.74) is -0.947. The van der Waals surface area contributed by atoms with Crippen molar-refractivity contribution in [2.75, 3.05) is 0 Å². The highest BCUT2D eigenvalue weighted by Gasteiger charge is 2.52. The van der Waals surface area contributed by atoms with Crippen LogP contribution in [-0.4, -0.2) is 5.78 Å². The lowest BCUT2D eigenvalue weighted by Crippen LogP contribution is -2.23. The first kappa shape index (κ1) is 1.57. The van der Waals surface area contributed by atoms with E-state index >= 15 is 0 Å². The van der Waals surface area contributed by atoms with Gasteiger partial charge >= 0.3 is 0 Å². The van der Waals surface area contributed by atoms with Crippen molar-refractivity contribution in [3.8, 4) is 0 Å². The van der Waals surface area contributed by atoms with E-state index in [1.165, 1.54) is 0 Å². The van der Waals surface area contributed by atoms with Crippen LogP contribution in [0.3, 0.4) is 0 Å². The van der Waals surface area contributed by atoms with Gasteiger partial charge in [-0.2, -0.15) is 0 Å². The fraction of sp³-hybridized carbons (Fsp3) is 0.833. The molecule has 2 aliphatic carbocycles. The molecule has 0 aromatic rings. The van der Waals surface area contributed by atoms with Crippen LogP contribution >= 0.6 is 0 Å². The largest absolute Gasteiger partial charge is 0.300 e. The highest BCUT2D eigenvalue weighted by atomic mass is 16.1. The number of rotatable bonds is 0. The van der Waals surface area contributed by atoms with Crippen LogP contribution in [0.5, 0.6) is 0 Å². The van der Waals surface area contributed by atoms with Crippen molar-refractivity contribution >= 4 is 5.78 Å². The van der Waals surface area contributed by atoms with Crippen LogP contribution in [0.25, 0.3) is 0 Å². The van der Waals surface area contributed by atoms with Crippen molar-refractivity contribution in [2.45, 2.75) is 25.6 Å². The molecule has 1 nitrogen and oxygen atoms in total. The third-order valence-corrected chi connectivity index (χ3v) is 1.48. The Morgan fingerprint density at radius 2 is 2.14 bits per heavy atom. The fourth-order valence-corrected chi connectivity index (χ4v) is 0.887. The van der Waals surface area contributed by atoms with E-state index in [0.717, 1.165) is 0 Å². The Labute approximate surface area is 48.3 Å². The second kappa shape index (κ2) is 0.770. The molecule has 2 fully saturated rings. The summed E-state index contributed by atoms with van der Waals surface area (Å²) in [7, 11) is 0. The molecule has 0 atom stereocenters. The summed E-state index contributed by atoms with van der Waals surface area (Å²) in [6, 6.07) is 0. The molecule has 0 amide bonds. The zero-order valence-electron chi connectivity index (χ0n) is 7.82. The van der Waals surface area contributed by atoms with Crippen LogP contribution in [0.2, 0.25) is 0 Å². The van der Waals surface area contributed by atoms with Gasteiger partial charge in [-0.15, -0.1) is 0 Å². The summed E-state index contributed by atoms with van der Waals surface area (Å²) in [6.45, 7) is 0. The van der Waals surface area contributed by atoms with Crippen molar-refractivity contribution in [1.82, 2.24) is 0 Å². The smallest absolute Gasteiger partial charge is 0.134 e. The molecule has 1 heteroatoms. The summed E-state index contributed by atoms with van der Waals surface area (Å²) < 4.78 is 29.1. The predicted octanol–water partition coefficient (Wildman–Crippen LogP) is 1.13. The van der Waals surface area contributed by atoms with Crippen LogP contribution in [-0.2, 0) is 4.79 Å². The quantitative estimate of drug-likeness (QED) is 0.446. The molecule has 2 aliphatic rings. The van der Waals surface area contributed by atoms with Crippen molar-refractivity contribution in [3.05, 3.63) is 0 Å². The Morgan fingerprint density at radius 3 is 2.29 bits per heavy atom. The lowest BCUT2D eigenvalue weighted by atomic mass is 9.81. The third kappa shape index (κ3) is 0.355. The van der Waals surface area contributed by atoms with Gasteiger partial charge in [0.05, 0.1) is 0 Å². The topological polar surface area (TPSA) is 17.1 Å². The van der Waals surface area contributed by atoms with Crippen LogP contribution in [0.4, 0.5) is 0 Å². The van der Waals surface area contributed by atoms with E-state index in [-0.39, 0.29) is 18.6 Å². The van der Waals surface area contributed by atoms with Gasteiger partial charge in [0.1, 0.15) is 5.78 Å². The Morgan fingerprint density at radius 1 is 1.57 bits per heavy atom. The van der Waals surface area contributed by atoms with Crippen LogP contribution in [0.1, 0.15) is 31.1 Å². The molecule has 1 spiro atoms. The van der Waals surface area contributed by atoms with Crippen molar-refractivity contribution in [1.29, 1.82) is 0 Å². The maximum atomic E-state index is 10.6. The number of hydrogen-bond acceptors (Lipinski definition) is 1. The Balaban J connectivity index is 2.28. The minimum absolute atomic E-state index is 0.0183. The molecule has 0 radical (unpaired) electrons. The molecule has 7 heavy (non-hydrogen) atoms. The maximum Gasteiger partial charge on any atom is 0.134 e. The summed E-state index contributed by atoms with van der Waals surface area (Å²) in [6.07, 6.45) is -3.36. The van der Waals surface area contributed by atoms with Gasteiger partial charge in [0, 0.05) is 18.3 Å². The predicted molar refractivity (Wildman–Crippen MR) is 25.9 cm³/mol. The molecular weight excluding hydrogens is 88.1 g/mol. The zero-order valence-corrected chi connectivity index (χ0v) is 3.82. The van der Waals surface area contributed by atoms with Crippen molar-refractivity contribution < 1.29 is 10.3 Å². The Hall–Kier alpha value is -0.330. The van der Waals surface area contributed by atoms with Gasteiger partial charge in [-0.05, 0) is 18.2 Å². The van der Waals surface area contributed by atoms with Gasteiger partial charge in [0.2, 0.25) is 0 Å². The van der Waals surface area contributed by atoms with Gasteiger partial charge in [-0.1, -0.05) is 0 Å². The van der Waals surface area contributed by atoms with Crippen molar-refractivity contribution in [2.24, 2.45) is 5.41 Å². The second-order valence-electron chi connectivity index (χ2n) is 2.22. The highest BCUT2D eigenvalue weighted by molar-refractivity contribution is 5.87. The summed E-state index contributed by atoms with van der Waals surface area (Å²) >= 11 is 0. The summed E-state index contributed by atoms with van der Waals surface area (Å²) in [5.74, 6) is -0.0183. The average Bonchev–Trinajstić information content (AvgIpc) is 2.07. The first-order valence-electron chi connectivity index (χ1n) is 4.37. The van der Waals surface area contributed by atoms with Gasteiger partial charge in [0.15, 0.2) is 0 Å². The highest BCUT2D eigenvalue weighted by Crippen LogP contribution is 2.58. The number of carbonyl (C=O) groups is 1. The molecule has 0 saturated heterocycles. The average molecular weight is 100 g/mol. The molecule has 2 rings (SSSR count). The van der Waals surface area contributed by atoms with E-state index in [2.05, 4.69) is 0 Å². The maximum absolute atomic E-state index is 10.6. The van der Waals surface area contributed by atoms with E-state index in [9.17, 15) is 4.79 Å². The SMILES string of the molecule is [2H]C1([2H])C([2H])([2H])C12CC(=O)C2. The number of carbonyl (C=O) groups excluding carboxylic acids is 1. The van der Waals surface area contributed by atoms with E-state index in [1.54, 1.807) is 0 Å². The first-order valence-corrected chi connectivity index (χ1v) is 2.37. The number of Topliss-reactive ketones (excluding diaryl/α,β-unsaturated/α-hetero) is 1. The Kier molecular flexibility index (Phi) is 0.173. The molecule has 38 valence electrons. The van der Waals surface area contributed by atoms with E-state index in [1.807, 2.05) is 0 Å². The molecule has 0 aliphatic heterocycles. The van der Waals surface area contributed by atoms with E-state index < -0.39 is 18.2 Å². The molecule has 0 N–H and O–H groups in total. The van der Waals surface area contributed by atoms with Gasteiger partial charge in [0.25, 0.3) is 0 Å². The summed E-state index contributed by atoms with van der Waals surface area (Å²) in [4.78, 5) is 10.6. The molecule has 0 heterocycles. The molecular formula is C6H8O. The zero-order chi connectivity index (χ0) is 8.49. The fourth-order valence-electron chi connectivity index (χ4n) is 0.887. The normalized spacial score (nSPS) is 55.7. The van der Waals surface area contributed by atoms with Crippen LogP contribution in [0, 0.1) is 5.41 Å². The molecule has 0 bridgehead atoms. The Bertz CT molecular complexity index is 221. The molecule has 0 unspecified atom stereocenters. The third-order valence-electron chi connectivity index (χ3n) is 1.48. The molecule has 0 aromatic carbocycles. The van der Waals surface area contributed by atoms with Gasteiger partial charge in [-0.25, -0.2) is 0 Å². The lowest BCUT2D eigenvalue weighted by Gasteiger charge is -2.22. The van der Waals surface area contributed by atoms with Crippen LogP contribution in [0.15, 0.2) is 0 Å². The van der Waals surface area contributed by atoms with E-state index in [4.69, 9.17) is 5.48 Å². The first-order chi connectivity index (χ1) is 4.85. The number of hydrogen-bond donors (Lipinski definition) is 0. The summed E-state index contributed by atoms with van der Waals surface area (Å²) in [5, 5.41) is 0. The molecule has 0 aromatic heterocycles. The second-order valence-corrected chi connectivity index (χ2v) is 2.22. The molecule has 2 saturated carbocycles. The lowest BCUT2D eigenvalue weighted by molar-refractivity contribution is -0.127. The van der Waals surface area contributed by atoms with E-state index in [0.29, 0.717) is 0 Å². The standard InChI is InChI=1S/C6H8O/c7-5-3-6(4-5)1-2-6/h1-4H2/i1D2,2D2. The van der Waals surface area contributed by atoms with Crippen molar-refractivity contribution in [3.63, 3.8) is 0 Å². The van der Waals surface area contributed by atoms with Gasteiger partial charge in [-0.3, -0.25) is 4.79 Å². The monoisotopic (exact) mass is 100 g/mol. The van der Waals surface area contributed by atoms with Gasteiger partial charge < -0.3 is 0 Å².